The van der Waals surface area contributed by atoms with Gasteiger partial charge in [-0.2, -0.15) is 0 Å². The average Bonchev–Trinajstić information content (AvgIpc) is 1.77. The van der Waals surface area contributed by atoms with Crippen molar-refractivity contribution in [1.82, 2.24) is 0 Å². The first-order valence-electron chi connectivity index (χ1n) is 2.83. The van der Waals surface area contributed by atoms with E-state index in [1.54, 1.807) is 10.4 Å². The predicted molar refractivity (Wildman–Crippen MR) is 45.6 cm³/mol. The molecule has 0 N–H and O–H groups in total. The Morgan fingerprint density at radius 2 is 1.25 bits per heavy atom. The molecule has 0 saturated carbocycles. The van der Waals surface area contributed by atoms with Crippen molar-refractivity contribution in [2.75, 3.05) is 0 Å². The van der Waals surface area contributed by atoms with Crippen molar-refractivity contribution >= 4 is 30.9 Å². The summed E-state index contributed by atoms with van der Waals surface area (Å²) in [6.07, 6.45) is 0. The molecule has 0 saturated heterocycles. The van der Waals surface area contributed by atoms with E-state index in [0.717, 1.165) is 0 Å². The zero-order chi connectivity index (χ0) is 5.98. The van der Waals surface area contributed by atoms with Gasteiger partial charge in [-0.3, -0.25) is 0 Å². The lowest BCUT2D eigenvalue weighted by Gasteiger charge is -1.93. The van der Waals surface area contributed by atoms with E-state index in [9.17, 15) is 0 Å². The Labute approximate surface area is 55.8 Å². The molecule has 1 aromatic carbocycles. The SMILES string of the molecule is [SiH3]c1ccccc1[SiH3]. The summed E-state index contributed by atoms with van der Waals surface area (Å²) in [7, 11) is 2.42. The highest BCUT2D eigenvalue weighted by Crippen LogP contribution is 1.73. The Hall–Kier alpha value is -0.346. The van der Waals surface area contributed by atoms with Crippen LogP contribution < -0.4 is 10.4 Å². The molecule has 0 radical (unpaired) electrons. The fourth-order valence-electron chi connectivity index (χ4n) is 0.663. The zero-order valence-corrected chi connectivity index (χ0v) is 9.31. The van der Waals surface area contributed by atoms with Crippen molar-refractivity contribution in [3.05, 3.63) is 24.3 Å². The molecule has 0 amide bonds. The van der Waals surface area contributed by atoms with Gasteiger partial charge in [0.25, 0.3) is 0 Å². The lowest BCUT2D eigenvalue weighted by Crippen LogP contribution is -2.24. The van der Waals surface area contributed by atoms with Gasteiger partial charge in [-0.1, -0.05) is 34.6 Å². The summed E-state index contributed by atoms with van der Waals surface area (Å²) in [5.41, 5.74) is 0. The molecular weight excluding hydrogens is 128 g/mol. The molecule has 42 valence electrons. The molecule has 1 rings (SSSR count). The predicted octanol–water partition coefficient (Wildman–Crippen LogP) is -2.33. The molecule has 0 bridgehead atoms. The van der Waals surface area contributed by atoms with Gasteiger partial charge in [-0.05, 0) is 0 Å². The molecule has 1 aromatic rings. The summed E-state index contributed by atoms with van der Waals surface area (Å²) in [4.78, 5) is 0. The number of hydrogen-bond donors (Lipinski definition) is 0. The van der Waals surface area contributed by atoms with E-state index >= 15 is 0 Å². The monoisotopic (exact) mass is 138 g/mol. The Morgan fingerprint density at radius 1 is 0.875 bits per heavy atom. The van der Waals surface area contributed by atoms with Gasteiger partial charge in [0.05, 0.1) is 0 Å². The van der Waals surface area contributed by atoms with Gasteiger partial charge in [0.15, 0.2) is 0 Å². The minimum Gasteiger partial charge on any atom is -0.0725 e. The quantitative estimate of drug-likeness (QED) is 0.353. The van der Waals surface area contributed by atoms with E-state index in [1.807, 2.05) is 0 Å². The van der Waals surface area contributed by atoms with Crippen LogP contribution in [0.2, 0.25) is 0 Å². The van der Waals surface area contributed by atoms with Crippen LogP contribution in [-0.2, 0) is 0 Å². The molecule has 0 aromatic heterocycles. The van der Waals surface area contributed by atoms with Gasteiger partial charge >= 0.3 is 0 Å². The molecule has 0 unspecified atom stereocenters. The van der Waals surface area contributed by atoms with Gasteiger partial charge in [0, 0.05) is 20.5 Å². The van der Waals surface area contributed by atoms with Crippen molar-refractivity contribution in [1.29, 1.82) is 0 Å². The van der Waals surface area contributed by atoms with Crippen LogP contribution in [0.15, 0.2) is 24.3 Å². The normalized spacial score (nSPS) is 10.0. The summed E-state index contributed by atoms with van der Waals surface area (Å²) in [5, 5.41) is 3.14. The van der Waals surface area contributed by atoms with Crippen LogP contribution in [0.1, 0.15) is 0 Å². The average molecular weight is 138 g/mol. The maximum absolute atomic E-state index is 2.22. The fraction of sp³-hybridized carbons (Fsp3) is 0. The second-order valence-electron chi connectivity index (χ2n) is 2.08. The molecule has 0 atom stereocenters. The molecule has 0 aliphatic heterocycles. The summed E-state index contributed by atoms with van der Waals surface area (Å²) >= 11 is 0. The van der Waals surface area contributed by atoms with Gasteiger partial charge < -0.3 is 0 Å². The van der Waals surface area contributed by atoms with E-state index in [0.29, 0.717) is 0 Å². The second-order valence-corrected chi connectivity index (χ2v) is 4.24. The van der Waals surface area contributed by atoms with Crippen molar-refractivity contribution in [3.8, 4) is 0 Å². The minimum absolute atomic E-state index is 1.21. The number of rotatable bonds is 0. The van der Waals surface area contributed by atoms with Crippen LogP contribution in [0, 0.1) is 0 Å². The largest absolute Gasteiger partial charge is 0.0725 e. The Morgan fingerprint density at radius 3 is 1.50 bits per heavy atom. The fourth-order valence-corrected chi connectivity index (χ4v) is 1.38. The summed E-state index contributed by atoms with van der Waals surface area (Å²) < 4.78 is 0. The van der Waals surface area contributed by atoms with Gasteiger partial charge in [0.2, 0.25) is 0 Å². The molecule has 8 heavy (non-hydrogen) atoms. The highest BCUT2D eigenvalue weighted by molar-refractivity contribution is 6.48. The maximum Gasteiger partial charge on any atom is 0.0382 e. The van der Waals surface area contributed by atoms with Crippen LogP contribution in [0.25, 0.3) is 0 Å². The molecule has 0 nitrogen and oxygen atoms in total. The summed E-state index contributed by atoms with van der Waals surface area (Å²) in [5.74, 6) is 0. The second kappa shape index (κ2) is 2.28. The third-order valence-corrected chi connectivity index (χ3v) is 4.67. The zero-order valence-electron chi connectivity index (χ0n) is 5.31. The third kappa shape index (κ3) is 1.08. The van der Waals surface area contributed by atoms with E-state index in [4.69, 9.17) is 0 Å². The van der Waals surface area contributed by atoms with E-state index < -0.39 is 0 Å². The summed E-state index contributed by atoms with van der Waals surface area (Å²) in [6.45, 7) is 0. The highest BCUT2D eigenvalue weighted by atomic mass is 28.2. The van der Waals surface area contributed by atoms with Crippen molar-refractivity contribution in [2.45, 2.75) is 0 Å². The highest BCUT2D eigenvalue weighted by Gasteiger charge is 1.83. The van der Waals surface area contributed by atoms with Crippen LogP contribution >= 0.6 is 0 Å². The van der Waals surface area contributed by atoms with E-state index in [-0.39, 0.29) is 0 Å². The Kier molecular flexibility index (Phi) is 1.65. The van der Waals surface area contributed by atoms with E-state index in [1.165, 1.54) is 20.5 Å². The lowest BCUT2D eigenvalue weighted by atomic mass is 10.4. The lowest BCUT2D eigenvalue weighted by molar-refractivity contribution is 1.83. The molecule has 0 spiro atoms. The van der Waals surface area contributed by atoms with Gasteiger partial charge in [-0.15, -0.1) is 0 Å². The standard InChI is InChI=1S/C6H10Si2/c7-5-3-1-2-4-6(5)8/h1-4H,7-8H3. The van der Waals surface area contributed by atoms with E-state index in [2.05, 4.69) is 24.3 Å². The van der Waals surface area contributed by atoms with Gasteiger partial charge in [-0.25, -0.2) is 0 Å². The van der Waals surface area contributed by atoms with Crippen LogP contribution in [0.3, 0.4) is 0 Å². The molecule has 0 aliphatic carbocycles. The van der Waals surface area contributed by atoms with Crippen molar-refractivity contribution in [3.63, 3.8) is 0 Å². The molecule has 0 aliphatic rings. The number of benzene rings is 1. The van der Waals surface area contributed by atoms with Crippen LogP contribution in [0.4, 0.5) is 0 Å². The first kappa shape index (κ1) is 5.78. The van der Waals surface area contributed by atoms with Crippen LogP contribution in [-0.4, -0.2) is 20.5 Å². The Bertz CT molecular complexity index is 163. The van der Waals surface area contributed by atoms with Gasteiger partial charge in [0.1, 0.15) is 0 Å². The topological polar surface area (TPSA) is 0 Å². The first-order valence-corrected chi connectivity index (χ1v) is 4.83. The number of hydrogen-bond acceptors (Lipinski definition) is 0. The third-order valence-electron chi connectivity index (χ3n) is 1.43. The molecule has 0 heterocycles. The van der Waals surface area contributed by atoms with Crippen molar-refractivity contribution in [2.24, 2.45) is 0 Å². The van der Waals surface area contributed by atoms with Crippen LogP contribution in [0.5, 0.6) is 0 Å². The summed E-state index contributed by atoms with van der Waals surface area (Å²) in [6, 6.07) is 8.66. The Balaban J connectivity index is 3.13. The smallest absolute Gasteiger partial charge is 0.0382 e. The molecule has 2 heteroatoms. The maximum atomic E-state index is 2.22. The first-order chi connectivity index (χ1) is 3.80. The molecular formula is C6H10Si2. The molecule has 0 fully saturated rings. The minimum atomic E-state index is 1.21. The van der Waals surface area contributed by atoms with Crippen molar-refractivity contribution < 1.29 is 0 Å².